The van der Waals surface area contributed by atoms with Gasteiger partial charge in [-0.05, 0) is 25.1 Å². The van der Waals surface area contributed by atoms with Crippen LogP contribution in [0.5, 0.6) is 0 Å². The van der Waals surface area contributed by atoms with Crippen LogP contribution in [0.15, 0.2) is 29.8 Å². The van der Waals surface area contributed by atoms with Crippen LogP contribution in [0.2, 0.25) is 10.2 Å². The van der Waals surface area contributed by atoms with Gasteiger partial charge in [0.15, 0.2) is 5.82 Å². The summed E-state index contributed by atoms with van der Waals surface area (Å²) in [7, 11) is 1.34. The van der Waals surface area contributed by atoms with Crippen LogP contribution in [-0.4, -0.2) is 77.0 Å². The summed E-state index contributed by atoms with van der Waals surface area (Å²) in [5, 5.41) is 39.9. The van der Waals surface area contributed by atoms with Gasteiger partial charge in [0.05, 0.1) is 24.1 Å². The Morgan fingerprint density at radius 3 is 2.62 bits per heavy atom. The zero-order chi connectivity index (χ0) is 28.1. The minimum atomic E-state index is -4.72. The van der Waals surface area contributed by atoms with Gasteiger partial charge in [0.25, 0.3) is 0 Å². The summed E-state index contributed by atoms with van der Waals surface area (Å²) in [6, 6.07) is 2.14. The third-order valence-corrected chi connectivity index (χ3v) is 7.68. The molecule has 0 aliphatic carbocycles. The number of aliphatic hydroxyl groups is 2. The van der Waals surface area contributed by atoms with Crippen molar-refractivity contribution in [3.63, 3.8) is 0 Å². The van der Waals surface area contributed by atoms with E-state index < -0.39 is 48.8 Å². The van der Waals surface area contributed by atoms with Crippen LogP contribution in [0.4, 0.5) is 13.2 Å². The Hall–Kier alpha value is -2.66. The van der Waals surface area contributed by atoms with Crippen LogP contribution < -0.4 is 0 Å². The second kappa shape index (κ2) is 10.7. The standard InChI is InChI=1S/C22H20Cl2F3N7O4S/c1-9-29-31-20(34(9)13-5-10(23)3-4-11(13)22(25,26)27)19-18(37-2)16(17(36)14(7-35)38-19)33-6-12(30-32-33)21-28-15(24)8-39-21/h3-6,8,14,16-19,35-36H,7H2,1-2H3/t14-,16+,17+,18-,19-/m1/s1. The fraction of sp³-hybridized carbons (Fsp3) is 0.409. The van der Waals surface area contributed by atoms with Crippen molar-refractivity contribution < 1.29 is 32.9 Å². The second-order valence-electron chi connectivity index (χ2n) is 8.62. The van der Waals surface area contributed by atoms with E-state index in [9.17, 15) is 23.4 Å². The highest BCUT2D eigenvalue weighted by molar-refractivity contribution is 7.13. The summed E-state index contributed by atoms with van der Waals surface area (Å²) in [4.78, 5) is 4.16. The highest BCUT2D eigenvalue weighted by Crippen LogP contribution is 2.42. The maximum atomic E-state index is 14.0. The van der Waals surface area contributed by atoms with Gasteiger partial charge in [-0.2, -0.15) is 13.2 Å². The van der Waals surface area contributed by atoms with Gasteiger partial charge < -0.3 is 19.7 Å². The van der Waals surface area contributed by atoms with Gasteiger partial charge in [-0.25, -0.2) is 9.67 Å². The largest absolute Gasteiger partial charge is 0.418 e. The predicted molar refractivity (Wildman–Crippen MR) is 133 cm³/mol. The Kier molecular flexibility index (Phi) is 7.67. The van der Waals surface area contributed by atoms with Crippen molar-refractivity contribution in [3.05, 3.63) is 57.2 Å². The van der Waals surface area contributed by atoms with E-state index in [0.29, 0.717) is 10.7 Å². The first-order valence-corrected chi connectivity index (χ1v) is 13.0. The number of methoxy groups -OCH3 is 1. The molecule has 2 N–H and O–H groups in total. The molecule has 5 atom stereocenters. The minimum absolute atomic E-state index is 0.0591. The quantitative estimate of drug-likeness (QED) is 0.337. The molecular formula is C22H20Cl2F3N7O4S. The van der Waals surface area contributed by atoms with E-state index >= 15 is 0 Å². The van der Waals surface area contributed by atoms with Crippen molar-refractivity contribution in [2.24, 2.45) is 0 Å². The molecule has 0 amide bonds. The number of aliphatic hydroxyl groups excluding tert-OH is 2. The summed E-state index contributed by atoms with van der Waals surface area (Å²) in [5.74, 6) is 0.0534. The lowest BCUT2D eigenvalue weighted by atomic mass is 9.91. The number of halogens is 5. The average molecular weight is 606 g/mol. The SMILES string of the molecule is CO[C@@H]1[C@@H](n2cc(-c3nc(Cl)cs3)nn2)[C@@H](O)[C@@H](CO)O[C@H]1c1nnc(C)n1-c1cc(Cl)ccc1C(F)(F)F. The van der Waals surface area contributed by atoms with Gasteiger partial charge in [-0.15, -0.1) is 26.6 Å². The molecule has 4 heterocycles. The predicted octanol–water partition coefficient (Wildman–Crippen LogP) is 3.67. The van der Waals surface area contributed by atoms with Gasteiger partial charge in [0, 0.05) is 17.5 Å². The fourth-order valence-corrected chi connectivity index (χ4v) is 5.61. The van der Waals surface area contributed by atoms with Crippen LogP contribution in [0, 0.1) is 6.92 Å². The van der Waals surface area contributed by atoms with E-state index in [1.54, 1.807) is 5.38 Å². The highest BCUT2D eigenvalue weighted by Gasteiger charge is 2.50. The molecular weight excluding hydrogens is 586 g/mol. The van der Waals surface area contributed by atoms with Crippen LogP contribution >= 0.6 is 34.5 Å². The number of aryl methyl sites for hydroxylation is 1. The van der Waals surface area contributed by atoms with E-state index in [2.05, 4.69) is 25.5 Å². The molecule has 1 aliphatic rings. The molecule has 0 unspecified atom stereocenters. The van der Waals surface area contributed by atoms with Crippen molar-refractivity contribution in [2.75, 3.05) is 13.7 Å². The first-order valence-electron chi connectivity index (χ1n) is 11.3. The molecule has 5 rings (SSSR count). The molecule has 1 aliphatic heterocycles. The molecule has 3 aromatic heterocycles. The Morgan fingerprint density at radius 1 is 1.21 bits per heavy atom. The van der Waals surface area contributed by atoms with Crippen LogP contribution in [0.3, 0.4) is 0 Å². The zero-order valence-corrected chi connectivity index (χ0v) is 22.4. The number of ether oxygens (including phenoxy) is 2. The fourth-order valence-electron chi connectivity index (χ4n) is 4.55. The van der Waals surface area contributed by atoms with Crippen LogP contribution in [-0.2, 0) is 15.7 Å². The summed E-state index contributed by atoms with van der Waals surface area (Å²) < 4.78 is 56.1. The lowest BCUT2D eigenvalue weighted by molar-refractivity contribution is -0.217. The van der Waals surface area contributed by atoms with Crippen LogP contribution in [0.25, 0.3) is 16.4 Å². The summed E-state index contributed by atoms with van der Waals surface area (Å²) >= 11 is 13.2. The zero-order valence-electron chi connectivity index (χ0n) is 20.1. The molecule has 39 heavy (non-hydrogen) atoms. The molecule has 0 bridgehead atoms. The smallest absolute Gasteiger partial charge is 0.394 e. The van der Waals surface area contributed by atoms with E-state index in [4.69, 9.17) is 32.7 Å². The third-order valence-electron chi connectivity index (χ3n) is 6.26. The van der Waals surface area contributed by atoms with Crippen molar-refractivity contribution >= 4 is 34.5 Å². The lowest BCUT2D eigenvalue weighted by Crippen LogP contribution is -2.53. The van der Waals surface area contributed by atoms with E-state index in [-0.39, 0.29) is 27.5 Å². The van der Waals surface area contributed by atoms with Gasteiger partial charge in [0.1, 0.15) is 52.1 Å². The summed E-state index contributed by atoms with van der Waals surface area (Å²) in [5.41, 5.74) is -0.928. The molecule has 1 fully saturated rings. The minimum Gasteiger partial charge on any atom is -0.394 e. The number of alkyl halides is 3. The van der Waals surface area contributed by atoms with Gasteiger partial charge in [0.2, 0.25) is 0 Å². The van der Waals surface area contributed by atoms with Crippen molar-refractivity contribution in [1.29, 1.82) is 0 Å². The monoisotopic (exact) mass is 605 g/mol. The number of nitrogens with zero attached hydrogens (tertiary/aromatic N) is 7. The number of rotatable bonds is 6. The van der Waals surface area contributed by atoms with Crippen LogP contribution in [0.1, 0.15) is 29.4 Å². The summed E-state index contributed by atoms with van der Waals surface area (Å²) in [6.45, 7) is 0.854. The Bertz CT molecular complexity index is 1480. The summed E-state index contributed by atoms with van der Waals surface area (Å²) in [6.07, 6.45) is -8.00. The topological polar surface area (TPSA) is 133 Å². The number of hydrogen-bond donors (Lipinski definition) is 2. The van der Waals surface area contributed by atoms with Crippen molar-refractivity contribution in [3.8, 4) is 16.4 Å². The van der Waals surface area contributed by atoms with E-state index in [1.807, 2.05) is 0 Å². The van der Waals surface area contributed by atoms with Crippen molar-refractivity contribution in [1.82, 2.24) is 34.7 Å². The van der Waals surface area contributed by atoms with Gasteiger partial charge in [-0.3, -0.25) is 4.57 Å². The van der Waals surface area contributed by atoms with Gasteiger partial charge >= 0.3 is 6.18 Å². The number of hydrogen-bond acceptors (Lipinski definition) is 10. The Morgan fingerprint density at radius 2 is 1.97 bits per heavy atom. The van der Waals surface area contributed by atoms with Crippen molar-refractivity contribution in [2.45, 2.75) is 43.6 Å². The molecule has 1 saturated heterocycles. The molecule has 4 aromatic rings. The molecule has 1 aromatic carbocycles. The molecule has 208 valence electrons. The molecule has 0 saturated carbocycles. The number of benzene rings is 1. The molecule has 17 heteroatoms. The normalized spacial score (nSPS) is 23.9. The number of thiazole rings is 1. The average Bonchev–Trinajstić information content (AvgIpc) is 3.62. The Labute approximate surface area is 232 Å². The molecule has 11 nitrogen and oxygen atoms in total. The first kappa shape index (κ1) is 27.9. The number of aromatic nitrogens is 7. The Balaban J connectivity index is 1.62. The van der Waals surface area contributed by atoms with Gasteiger partial charge in [-0.1, -0.05) is 28.4 Å². The maximum absolute atomic E-state index is 14.0. The van der Waals surface area contributed by atoms with E-state index in [1.165, 1.54) is 40.8 Å². The molecule has 0 spiro atoms. The highest BCUT2D eigenvalue weighted by atomic mass is 35.5. The third kappa shape index (κ3) is 5.15. The second-order valence-corrected chi connectivity index (χ2v) is 10.3. The lowest BCUT2D eigenvalue weighted by Gasteiger charge is -2.43. The molecule has 0 radical (unpaired) electrons. The van der Waals surface area contributed by atoms with E-state index in [0.717, 1.165) is 18.2 Å². The maximum Gasteiger partial charge on any atom is 0.418 e. The first-order chi connectivity index (χ1) is 18.5.